The number of hydrogen-bond donors (Lipinski definition) is 2. The van der Waals surface area contributed by atoms with Gasteiger partial charge >= 0.3 is 0 Å². The lowest BCUT2D eigenvalue weighted by molar-refractivity contribution is 0.272. The first-order valence-electron chi connectivity index (χ1n) is 9.43. The van der Waals surface area contributed by atoms with Crippen molar-refractivity contribution >= 4 is 34.2 Å². The molecule has 0 unspecified atom stereocenters. The van der Waals surface area contributed by atoms with Gasteiger partial charge in [0.2, 0.25) is 0 Å². The zero-order chi connectivity index (χ0) is 18.2. The van der Waals surface area contributed by atoms with E-state index in [0.29, 0.717) is 12.1 Å². The van der Waals surface area contributed by atoms with E-state index in [-0.39, 0.29) is 0 Å². The minimum absolute atomic E-state index is 0.434. The van der Waals surface area contributed by atoms with Gasteiger partial charge in [-0.25, -0.2) is 9.97 Å². The van der Waals surface area contributed by atoms with Crippen LogP contribution in [0, 0.1) is 0 Å². The molecule has 7 heteroatoms. The number of rotatable bonds is 3. The highest BCUT2D eigenvalue weighted by atomic mass is 32.1. The Kier molecular flexibility index (Phi) is 4.16. The zero-order valence-corrected chi connectivity index (χ0v) is 15.8. The van der Waals surface area contributed by atoms with Crippen molar-refractivity contribution in [2.75, 3.05) is 18.0 Å². The number of hydrogen-bond acceptors (Lipinski definition) is 4. The number of fused-ring (bicyclic) bond motifs is 3. The van der Waals surface area contributed by atoms with Crippen LogP contribution in [0.2, 0.25) is 0 Å². The van der Waals surface area contributed by atoms with Gasteiger partial charge in [-0.2, -0.15) is 0 Å². The first-order valence-corrected chi connectivity index (χ1v) is 9.83. The van der Waals surface area contributed by atoms with E-state index in [1.54, 1.807) is 6.33 Å². The Morgan fingerprint density at radius 3 is 2.67 bits per heavy atom. The van der Waals surface area contributed by atoms with Crippen LogP contribution in [0.3, 0.4) is 0 Å². The normalized spacial score (nSPS) is 21.6. The molecule has 1 aromatic carbocycles. The molecule has 138 valence electrons. The summed E-state index contributed by atoms with van der Waals surface area (Å²) in [5.41, 5.74) is 2.15. The molecule has 2 aliphatic heterocycles. The van der Waals surface area contributed by atoms with Gasteiger partial charge in [-0.3, -0.25) is 0 Å². The van der Waals surface area contributed by atoms with Crippen molar-refractivity contribution in [2.24, 2.45) is 0 Å². The van der Waals surface area contributed by atoms with E-state index in [1.165, 1.54) is 18.4 Å². The molecule has 0 saturated carbocycles. The number of aromatic nitrogens is 3. The molecule has 0 amide bonds. The van der Waals surface area contributed by atoms with Gasteiger partial charge in [0.25, 0.3) is 0 Å². The molecule has 2 N–H and O–H groups in total. The van der Waals surface area contributed by atoms with Crippen LogP contribution < -0.4 is 10.2 Å². The van der Waals surface area contributed by atoms with Gasteiger partial charge in [0.05, 0.1) is 5.39 Å². The lowest BCUT2D eigenvalue weighted by Crippen LogP contribution is -2.58. The molecule has 0 spiro atoms. The molecule has 0 aliphatic carbocycles. The second-order valence-electron chi connectivity index (χ2n) is 7.28. The lowest BCUT2D eigenvalue weighted by atomic mass is 10.2. The summed E-state index contributed by atoms with van der Waals surface area (Å²) in [6.07, 6.45) is 5.93. The summed E-state index contributed by atoms with van der Waals surface area (Å²) in [7, 11) is 0. The van der Waals surface area contributed by atoms with Crippen LogP contribution in [-0.4, -0.2) is 50.1 Å². The topological polar surface area (TPSA) is 60.1 Å². The summed E-state index contributed by atoms with van der Waals surface area (Å²) < 4.78 is 0. The summed E-state index contributed by atoms with van der Waals surface area (Å²) in [4.78, 5) is 16.9. The average molecular weight is 379 g/mol. The van der Waals surface area contributed by atoms with Crippen molar-refractivity contribution in [2.45, 2.75) is 31.5 Å². The smallest absolute Gasteiger partial charge is 0.169 e. The van der Waals surface area contributed by atoms with Crippen LogP contribution in [0.1, 0.15) is 18.4 Å². The maximum atomic E-state index is 5.75. The van der Waals surface area contributed by atoms with Crippen LogP contribution in [0.5, 0.6) is 0 Å². The van der Waals surface area contributed by atoms with Crippen LogP contribution in [0.25, 0.3) is 11.0 Å². The van der Waals surface area contributed by atoms with E-state index >= 15 is 0 Å². The standard InChI is InChI=1S/C20H22N6S/c27-20(22-10-14-4-2-1-3-5-14)26-15-6-7-16(26)12-25(11-15)19-17-8-9-21-18(17)23-13-24-19/h1-5,8-9,13,15-16H,6-7,10-12H2,(H,22,27)(H,21,23,24)/t15-,16+. The van der Waals surface area contributed by atoms with Crippen molar-refractivity contribution in [3.05, 3.63) is 54.5 Å². The Hall–Kier alpha value is -2.67. The Morgan fingerprint density at radius 2 is 1.89 bits per heavy atom. The van der Waals surface area contributed by atoms with E-state index in [4.69, 9.17) is 12.2 Å². The second kappa shape index (κ2) is 6.81. The minimum Gasteiger partial charge on any atom is -0.358 e. The molecule has 2 bridgehead atoms. The van der Waals surface area contributed by atoms with Crippen molar-refractivity contribution < 1.29 is 0 Å². The van der Waals surface area contributed by atoms with Gasteiger partial charge in [0.1, 0.15) is 17.8 Å². The van der Waals surface area contributed by atoms with E-state index in [0.717, 1.165) is 41.6 Å². The fourth-order valence-corrected chi connectivity index (χ4v) is 4.75. The molecule has 3 aromatic rings. The van der Waals surface area contributed by atoms with Crippen molar-refractivity contribution in [3.63, 3.8) is 0 Å². The fraction of sp³-hybridized carbons (Fsp3) is 0.350. The highest BCUT2D eigenvalue weighted by molar-refractivity contribution is 7.80. The van der Waals surface area contributed by atoms with E-state index < -0.39 is 0 Å². The molecule has 2 saturated heterocycles. The summed E-state index contributed by atoms with van der Waals surface area (Å²) in [6.45, 7) is 2.66. The maximum absolute atomic E-state index is 5.75. The number of benzene rings is 1. The number of thiocarbonyl (C=S) groups is 1. The SMILES string of the molecule is S=C(NCc1ccccc1)N1[C@@H]2CC[C@H]1CN(c1ncnc3[nH]ccc13)C2. The van der Waals surface area contributed by atoms with Gasteiger partial charge in [-0.05, 0) is 36.7 Å². The molecule has 4 heterocycles. The minimum atomic E-state index is 0.434. The summed E-state index contributed by atoms with van der Waals surface area (Å²) in [5.74, 6) is 1.03. The molecular formula is C20H22N6S. The van der Waals surface area contributed by atoms with E-state index in [2.05, 4.69) is 60.4 Å². The highest BCUT2D eigenvalue weighted by Crippen LogP contribution is 2.34. The van der Waals surface area contributed by atoms with Gasteiger partial charge < -0.3 is 20.1 Å². The first-order chi connectivity index (χ1) is 13.3. The largest absolute Gasteiger partial charge is 0.358 e. The molecule has 2 aromatic heterocycles. The summed E-state index contributed by atoms with van der Waals surface area (Å²) >= 11 is 5.75. The predicted octanol–water partition coefficient (Wildman–Crippen LogP) is 2.69. The van der Waals surface area contributed by atoms with Crippen LogP contribution >= 0.6 is 12.2 Å². The number of aromatic amines is 1. The quantitative estimate of drug-likeness (QED) is 0.684. The Morgan fingerprint density at radius 1 is 1.11 bits per heavy atom. The Balaban J connectivity index is 1.30. The van der Waals surface area contributed by atoms with Gasteiger partial charge in [0.15, 0.2) is 5.11 Å². The highest BCUT2D eigenvalue weighted by Gasteiger charge is 2.41. The number of piperazine rings is 1. The van der Waals surface area contributed by atoms with Crippen LogP contribution in [0.15, 0.2) is 48.9 Å². The number of nitrogens with zero attached hydrogens (tertiary/aromatic N) is 4. The summed E-state index contributed by atoms with van der Waals surface area (Å²) in [5, 5.41) is 5.43. The third-order valence-corrected chi connectivity index (χ3v) is 5.99. The number of anilines is 1. The monoisotopic (exact) mass is 378 g/mol. The molecule has 2 fully saturated rings. The van der Waals surface area contributed by atoms with E-state index in [9.17, 15) is 0 Å². The molecule has 5 rings (SSSR count). The third-order valence-electron chi connectivity index (χ3n) is 5.64. The Bertz CT molecular complexity index is 941. The fourth-order valence-electron chi connectivity index (χ4n) is 4.38. The number of H-pyrrole nitrogens is 1. The Labute approximate surface area is 163 Å². The van der Waals surface area contributed by atoms with E-state index in [1.807, 2.05) is 12.3 Å². The average Bonchev–Trinajstić information content (AvgIpc) is 3.29. The zero-order valence-electron chi connectivity index (χ0n) is 15.0. The molecule has 2 atom stereocenters. The van der Waals surface area contributed by atoms with Crippen LogP contribution in [0.4, 0.5) is 5.82 Å². The van der Waals surface area contributed by atoms with Crippen molar-refractivity contribution in [1.82, 2.24) is 25.2 Å². The van der Waals surface area contributed by atoms with Crippen LogP contribution in [-0.2, 0) is 6.54 Å². The molecule has 6 nitrogen and oxygen atoms in total. The molecule has 0 radical (unpaired) electrons. The first kappa shape index (κ1) is 16.5. The molecule has 27 heavy (non-hydrogen) atoms. The summed E-state index contributed by atoms with van der Waals surface area (Å²) in [6, 6.07) is 13.3. The van der Waals surface area contributed by atoms with Crippen molar-refractivity contribution in [1.29, 1.82) is 0 Å². The predicted molar refractivity (Wildman–Crippen MR) is 111 cm³/mol. The van der Waals surface area contributed by atoms with Crippen molar-refractivity contribution in [3.8, 4) is 0 Å². The van der Waals surface area contributed by atoms with Gasteiger partial charge in [0, 0.05) is 37.9 Å². The third kappa shape index (κ3) is 3.02. The maximum Gasteiger partial charge on any atom is 0.169 e. The molecular weight excluding hydrogens is 356 g/mol. The second-order valence-corrected chi connectivity index (χ2v) is 7.67. The number of nitrogens with one attached hydrogen (secondary N) is 2. The van der Waals surface area contributed by atoms with Gasteiger partial charge in [-0.1, -0.05) is 30.3 Å². The van der Waals surface area contributed by atoms with Gasteiger partial charge in [-0.15, -0.1) is 0 Å². The lowest BCUT2D eigenvalue weighted by Gasteiger charge is -2.43. The molecule has 2 aliphatic rings.